The molecule has 0 radical (unpaired) electrons. The highest BCUT2D eigenvalue weighted by atomic mass is 16.5. The third kappa shape index (κ3) is 2.40. The van der Waals surface area contributed by atoms with E-state index in [1.54, 1.807) is 12.1 Å². The Kier molecular flexibility index (Phi) is 3.87. The number of aliphatic hydroxyl groups excluding tert-OH is 1. The molecule has 2 heterocycles. The molecule has 1 aromatic rings. The zero-order valence-electron chi connectivity index (χ0n) is 12.2. The van der Waals surface area contributed by atoms with E-state index in [4.69, 9.17) is 4.74 Å². The Morgan fingerprint density at radius 1 is 1.38 bits per heavy atom. The zero-order valence-corrected chi connectivity index (χ0v) is 12.2. The van der Waals surface area contributed by atoms with Crippen molar-refractivity contribution >= 4 is 5.78 Å². The lowest BCUT2D eigenvalue weighted by Gasteiger charge is -2.50. The quantitative estimate of drug-likeness (QED) is 0.879. The van der Waals surface area contributed by atoms with Crippen LogP contribution in [0.1, 0.15) is 30.9 Å². The SMILES string of the molecule is COc1cc(C2C3CCC(CC3=O)N2CCO)ccc1O. The molecule has 2 aliphatic heterocycles. The van der Waals surface area contributed by atoms with Crippen LogP contribution in [0.25, 0.3) is 0 Å². The number of rotatable bonds is 4. The van der Waals surface area contributed by atoms with Crippen LogP contribution in [-0.4, -0.2) is 47.2 Å². The van der Waals surface area contributed by atoms with Crippen LogP contribution in [0.15, 0.2) is 18.2 Å². The van der Waals surface area contributed by atoms with Crippen molar-refractivity contribution in [2.24, 2.45) is 5.92 Å². The third-order valence-corrected chi connectivity index (χ3v) is 4.77. The van der Waals surface area contributed by atoms with Crippen LogP contribution >= 0.6 is 0 Å². The number of Topliss-reactive ketones (excluding diaryl/α,β-unsaturated/α-hetero) is 1. The van der Waals surface area contributed by atoms with Gasteiger partial charge >= 0.3 is 0 Å². The van der Waals surface area contributed by atoms with E-state index in [0.717, 1.165) is 18.4 Å². The largest absolute Gasteiger partial charge is 0.504 e. The molecule has 2 N–H and O–H groups in total. The first-order chi connectivity index (χ1) is 10.2. The normalized spacial score (nSPS) is 28.9. The van der Waals surface area contributed by atoms with Crippen molar-refractivity contribution in [3.05, 3.63) is 23.8 Å². The number of fused-ring (bicyclic) bond motifs is 3. The van der Waals surface area contributed by atoms with Gasteiger partial charge in [0.1, 0.15) is 5.78 Å². The van der Waals surface area contributed by atoms with Gasteiger partial charge in [0.25, 0.3) is 0 Å². The van der Waals surface area contributed by atoms with Crippen molar-refractivity contribution in [2.75, 3.05) is 20.3 Å². The lowest BCUT2D eigenvalue weighted by molar-refractivity contribution is -0.138. The second kappa shape index (κ2) is 5.66. The number of ether oxygens (including phenoxy) is 1. The first kappa shape index (κ1) is 14.4. The highest BCUT2D eigenvalue weighted by molar-refractivity contribution is 5.84. The summed E-state index contributed by atoms with van der Waals surface area (Å²) in [5.74, 6) is 0.820. The molecule has 2 saturated heterocycles. The minimum atomic E-state index is -0.0216. The summed E-state index contributed by atoms with van der Waals surface area (Å²) in [6, 6.07) is 5.46. The fourth-order valence-electron chi connectivity index (χ4n) is 3.83. The summed E-state index contributed by atoms with van der Waals surface area (Å²) in [6.45, 7) is 0.658. The third-order valence-electron chi connectivity index (χ3n) is 4.77. The summed E-state index contributed by atoms with van der Waals surface area (Å²) < 4.78 is 5.18. The number of piperidine rings is 2. The van der Waals surface area contributed by atoms with Gasteiger partial charge < -0.3 is 14.9 Å². The molecule has 0 spiro atoms. The van der Waals surface area contributed by atoms with Crippen LogP contribution in [0.3, 0.4) is 0 Å². The van der Waals surface area contributed by atoms with E-state index in [1.165, 1.54) is 7.11 Å². The van der Waals surface area contributed by atoms with Gasteiger partial charge in [-0.15, -0.1) is 0 Å². The molecule has 5 heteroatoms. The van der Waals surface area contributed by atoms with Crippen molar-refractivity contribution in [2.45, 2.75) is 31.3 Å². The molecule has 5 nitrogen and oxygen atoms in total. The zero-order chi connectivity index (χ0) is 15.0. The number of aliphatic hydroxyl groups is 1. The Bertz CT molecular complexity index is 545. The lowest BCUT2D eigenvalue weighted by Crippen LogP contribution is -2.54. The standard InChI is InChI=1S/C16H21NO4/c1-21-15-8-10(2-5-13(15)19)16-12-4-3-11(9-14(12)20)17(16)6-7-18/h2,5,8,11-12,16,18-19H,3-4,6-7,9H2,1H3. The van der Waals surface area contributed by atoms with Gasteiger partial charge in [0.15, 0.2) is 11.5 Å². The van der Waals surface area contributed by atoms with Crippen molar-refractivity contribution in [3.8, 4) is 11.5 Å². The molecule has 3 unspecified atom stereocenters. The topological polar surface area (TPSA) is 70.0 Å². The fourth-order valence-corrected chi connectivity index (χ4v) is 3.83. The average Bonchev–Trinajstić information content (AvgIpc) is 2.49. The van der Waals surface area contributed by atoms with Crippen molar-refractivity contribution in [3.63, 3.8) is 0 Å². The van der Waals surface area contributed by atoms with Crippen LogP contribution in [0.5, 0.6) is 11.5 Å². The van der Waals surface area contributed by atoms with Crippen LogP contribution in [-0.2, 0) is 4.79 Å². The maximum atomic E-state index is 12.2. The molecule has 3 fully saturated rings. The van der Waals surface area contributed by atoms with Gasteiger partial charge in [-0.3, -0.25) is 9.69 Å². The van der Waals surface area contributed by atoms with Crippen molar-refractivity contribution < 1.29 is 19.7 Å². The predicted octanol–water partition coefficient (Wildman–Crippen LogP) is 1.49. The highest BCUT2D eigenvalue weighted by Crippen LogP contribution is 2.46. The van der Waals surface area contributed by atoms with Crippen LogP contribution in [0, 0.1) is 5.92 Å². The van der Waals surface area contributed by atoms with E-state index in [1.807, 2.05) is 6.07 Å². The van der Waals surface area contributed by atoms with Crippen LogP contribution < -0.4 is 4.74 Å². The Labute approximate surface area is 124 Å². The van der Waals surface area contributed by atoms with Crippen molar-refractivity contribution in [1.29, 1.82) is 0 Å². The number of methoxy groups -OCH3 is 1. The van der Waals surface area contributed by atoms with Crippen molar-refractivity contribution in [1.82, 2.24) is 4.90 Å². The molecule has 3 aliphatic rings. The number of carbonyl (C=O) groups excluding carboxylic acids is 1. The maximum absolute atomic E-state index is 12.2. The van der Waals surface area contributed by atoms with Gasteiger partial charge in [-0.1, -0.05) is 6.07 Å². The highest BCUT2D eigenvalue weighted by Gasteiger charge is 2.46. The molecule has 0 amide bonds. The second-order valence-corrected chi connectivity index (χ2v) is 5.85. The van der Waals surface area contributed by atoms with E-state index in [2.05, 4.69) is 4.90 Å². The number of phenols is 1. The van der Waals surface area contributed by atoms with E-state index < -0.39 is 0 Å². The molecule has 0 aromatic heterocycles. The molecule has 3 atom stereocenters. The number of hydrogen-bond acceptors (Lipinski definition) is 5. The summed E-state index contributed by atoms with van der Waals surface area (Å²) in [5.41, 5.74) is 0.973. The number of aromatic hydroxyl groups is 1. The lowest BCUT2D eigenvalue weighted by atomic mass is 9.71. The predicted molar refractivity (Wildman–Crippen MR) is 77.3 cm³/mol. The van der Waals surface area contributed by atoms with E-state index in [9.17, 15) is 15.0 Å². The molecule has 2 bridgehead atoms. The van der Waals surface area contributed by atoms with Crippen LogP contribution in [0.2, 0.25) is 0 Å². The average molecular weight is 291 g/mol. The number of phenolic OH excluding ortho intramolecular Hbond substituents is 1. The van der Waals surface area contributed by atoms with Gasteiger partial charge in [0.05, 0.1) is 13.7 Å². The second-order valence-electron chi connectivity index (χ2n) is 5.85. The molecule has 1 saturated carbocycles. The molecule has 1 aliphatic carbocycles. The molecular weight excluding hydrogens is 270 g/mol. The van der Waals surface area contributed by atoms with Gasteiger partial charge in [-0.2, -0.15) is 0 Å². The summed E-state index contributed by atoms with van der Waals surface area (Å²) in [6.07, 6.45) is 2.51. The van der Waals surface area contributed by atoms with Gasteiger partial charge in [-0.25, -0.2) is 0 Å². The number of benzene rings is 1. The minimum absolute atomic E-state index is 0.0178. The number of hydrogen-bond donors (Lipinski definition) is 2. The van der Waals surface area contributed by atoms with E-state index >= 15 is 0 Å². The molecule has 4 rings (SSSR count). The van der Waals surface area contributed by atoms with E-state index in [-0.39, 0.29) is 30.4 Å². The van der Waals surface area contributed by atoms with Crippen LogP contribution in [0.4, 0.5) is 0 Å². The summed E-state index contributed by atoms with van der Waals surface area (Å²) in [5, 5.41) is 19.1. The first-order valence-electron chi connectivity index (χ1n) is 7.42. The Hall–Kier alpha value is -1.59. The minimum Gasteiger partial charge on any atom is -0.504 e. The molecule has 1 aromatic carbocycles. The molecular formula is C16H21NO4. The summed E-state index contributed by atoms with van der Waals surface area (Å²) in [4.78, 5) is 14.5. The molecule has 21 heavy (non-hydrogen) atoms. The fraction of sp³-hybridized carbons (Fsp3) is 0.562. The summed E-state index contributed by atoms with van der Waals surface area (Å²) in [7, 11) is 1.52. The monoisotopic (exact) mass is 291 g/mol. The number of nitrogens with zero attached hydrogens (tertiary/aromatic N) is 1. The molecule has 114 valence electrons. The van der Waals surface area contributed by atoms with Gasteiger partial charge in [-0.05, 0) is 30.5 Å². The maximum Gasteiger partial charge on any atom is 0.160 e. The Morgan fingerprint density at radius 2 is 2.19 bits per heavy atom. The smallest absolute Gasteiger partial charge is 0.160 e. The Balaban J connectivity index is 1.98. The Morgan fingerprint density at radius 3 is 2.86 bits per heavy atom. The number of carbonyl (C=O) groups is 1. The first-order valence-corrected chi connectivity index (χ1v) is 7.42. The van der Waals surface area contributed by atoms with Gasteiger partial charge in [0.2, 0.25) is 0 Å². The van der Waals surface area contributed by atoms with Gasteiger partial charge in [0, 0.05) is 31.0 Å². The van der Waals surface area contributed by atoms with E-state index in [0.29, 0.717) is 24.5 Å². The number of ketones is 1. The summed E-state index contributed by atoms with van der Waals surface area (Å²) >= 11 is 0.